The van der Waals surface area contributed by atoms with Gasteiger partial charge in [0.05, 0.1) is 11.2 Å². The van der Waals surface area contributed by atoms with Gasteiger partial charge >= 0.3 is 0 Å². The van der Waals surface area contributed by atoms with Crippen molar-refractivity contribution in [2.75, 3.05) is 0 Å². The molecule has 26 heavy (non-hydrogen) atoms. The molecule has 2 heterocycles. The van der Waals surface area contributed by atoms with Gasteiger partial charge in [-0.3, -0.25) is 4.79 Å². The summed E-state index contributed by atoms with van der Waals surface area (Å²) < 4.78 is 11.4. The maximum atomic E-state index is 12.9. The van der Waals surface area contributed by atoms with Crippen LogP contribution in [0.25, 0.3) is 22.1 Å². The molecule has 0 amide bonds. The molecule has 1 atom stereocenters. The maximum absolute atomic E-state index is 12.9. The predicted octanol–water partition coefficient (Wildman–Crippen LogP) is 2.95. The minimum atomic E-state index is -1.08. The SMILES string of the molecule is CC(C)(O)C1Cc2c(cc(O)c3c(=O)c(-c4ccc(O)cc4)coc23)O1. The van der Waals surface area contributed by atoms with E-state index in [1.54, 1.807) is 26.0 Å². The highest BCUT2D eigenvalue weighted by atomic mass is 16.5. The Balaban J connectivity index is 1.91. The molecule has 0 radical (unpaired) electrons. The third-order valence-electron chi connectivity index (χ3n) is 4.71. The van der Waals surface area contributed by atoms with Crippen molar-refractivity contribution in [2.45, 2.75) is 32.0 Å². The van der Waals surface area contributed by atoms with Crippen LogP contribution in [-0.2, 0) is 6.42 Å². The Bertz CT molecular complexity index is 1060. The summed E-state index contributed by atoms with van der Waals surface area (Å²) in [6.45, 7) is 3.29. The fourth-order valence-electron chi connectivity index (χ4n) is 3.23. The number of aromatic hydroxyl groups is 2. The highest BCUT2D eigenvalue weighted by Crippen LogP contribution is 2.41. The van der Waals surface area contributed by atoms with E-state index < -0.39 is 11.7 Å². The molecule has 0 aliphatic carbocycles. The molecule has 1 aliphatic heterocycles. The lowest BCUT2D eigenvalue weighted by Gasteiger charge is -2.24. The average molecular weight is 354 g/mol. The topological polar surface area (TPSA) is 100 Å². The highest BCUT2D eigenvalue weighted by Gasteiger charge is 2.37. The fourth-order valence-corrected chi connectivity index (χ4v) is 3.23. The van der Waals surface area contributed by atoms with Crippen LogP contribution in [0, 0.1) is 0 Å². The van der Waals surface area contributed by atoms with Crippen LogP contribution in [0.15, 0.2) is 45.8 Å². The van der Waals surface area contributed by atoms with Gasteiger partial charge in [0.2, 0.25) is 5.43 Å². The smallest absolute Gasteiger partial charge is 0.204 e. The lowest BCUT2D eigenvalue weighted by molar-refractivity contribution is -0.0229. The summed E-state index contributed by atoms with van der Waals surface area (Å²) in [6.07, 6.45) is 1.22. The number of benzene rings is 2. The number of fused-ring (bicyclic) bond motifs is 3. The second-order valence-corrected chi connectivity index (χ2v) is 7.07. The molecule has 4 rings (SSSR count). The van der Waals surface area contributed by atoms with Gasteiger partial charge < -0.3 is 24.5 Å². The van der Waals surface area contributed by atoms with E-state index in [1.807, 2.05) is 0 Å². The number of phenols is 2. The first-order valence-corrected chi connectivity index (χ1v) is 8.24. The molecule has 0 saturated carbocycles. The van der Waals surface area contributed by atoms with Crippen molar-refractivity contribution in [2.24, 2.45) is 0 Å². The van der Waals surface area contributed by atoms with Gasteiger partial charge in [-0.1, -0.05) is 12.1 Å². The fraction of sp³-hybridized carbons (Fsp3) is 0.250. The first-order valence-electron chi connectivity index (χ1n) is 8.24. The van der Waals surface area contributed by atoms with Gasteiger partial charge in [0.25, 0.3) is 0 Å². The number of phenolic OH excluding ortho intramolecular Hbond substituents is 2. The summed E-state index contributed by atoms with van der Waals surface area (Å²) in [7, 11) is 0. The van der Waals surface area contributed by atoms with E-state index in [4.69, 9.17) is 9.15 Å². The van der Waals surface area contributed by atoms with Crippen LogP contribution >= 0.6 is 0 Å². The van der Waals surface area contributed by atoms with Gasteiger partial charge in [-0.2, -0.15) is 0 Å². The third-order valence-corrected chi connectivity index (χ3v) is 4.71. The zero-order chi connectivity index (χ0) is 18.6. The number of ether oxygens (including phenoxy) is 1. The van der Waals surface area contributed by atoms with E-state index in [9.17, 15) is 20.1 Å². The summed E-state index contributed by atoms with van der Waals surface area (Å²) in [6, 6.07) is 7.55. The van der Waals surface area contributed by atoms with Crippen molar-refractivity contribution in [1.82, 2.24) is 0 Å². The van der Waals surface area contributed by atoms with E-state index >= 15 is 0 Å². The Morgan fingerprint density at radius 2 is 1.85 bits per heavy atom. The molecule has 1 unspecified atom stereocenters. The normalized spacial score (nSPS) is 16.5. The minimum Gasteiger partial charge on any atom is -0.508 e. The molecule has 6 heteroatoms. The van der Waals surface area contributed by atoms with Gasteiger partial charge in [0.1, 0.15) is 40.6 Å². The van der Waals surface area contributed by atoms with E-state index in [-0.39, 0.29) is 33.5 Å². The molecule has 0 bridgehead atoms. The average Bonchev–Trinajstić information content (AvgIpc) is 3.00. The number of rotatable bonds is 2. The Kier molecular flexibility index (Phi) is 3.49. The van der Waals surface area contributed by atoms with Crippen LogP contribution in [0.2, 0.25) is 0 Å². The largest absolute Gasteiger partial charge is 0.508 e. The van der Waals surface area contributed by atoms with Gasteiger partial charge in [0.15, 0.2) is 0 Å². The molecule has 0 fully saturated rings. The van der Waals surface area contributed by atoms with Crippen LogP contribution in [0.3, 0.4) is 0 Å². The molecule has 0 spiro atoms. The van der Waals surface area contributed by atoms with E-state index in [1.165, 1.54) is 24.5 Å². The zero-order valence-corrected chi connectivity index (χ0v) is 14.3. The monoisotopic (exact) mass is 354 g/mol. The first kappa shape index (κ1) is 16.5. The van der Waals surface area contributed by atoms with Crippen molar-refractivity contribution in [3.8, 4) is 28.4 Å². The van der Waals surface area contributed by atoms with Crippen LogP contribution in [0.4, 0.5) is 0 Å². The van der Waals surface area contributed by atoms with Crippen LogP contribution in [0.5, 0.6) is 17.2 Å². The molecule has 1 aromatic heterocycles. The van der Waals surface area contributed by atoms with Gasteiger partial charge in [-0.05, 0) is 31.5 Å². The lowest BCUT2D eigenvalue weighted by atomic mass is 9.96. The predicted molar refractivity (Wildman–Crippen MR) is 95.7 cm³/mol. The van der Waals surface area contributed by atoms with Crippen molar-refractivity contribution >= 4 is 11.0 Å². The van der Waals surface area contributed by atoms with Crippen LogP contribution < -0.4 is 10.2 Å². The standard InChI is InChI=1S/C20H18O6/c1-20(2,24)16-7-12-15(26-16)8-14(22)17-18(23)13(9-25-19(12)17)10-3-5-11(21)6-4-10/h3-6,8-9,16,21-22,24H,7H2,1-2H3. The molecule has 6 nitrogen and oxygen atoms in total. The number of aliphatic hydroxyl groups is 1. The molecular weight excluding hydrogens is 336 g/mol. The Labute approximate surface area is 148 Å². The summed E-state index contributed by atoms with van der Waals surface area (Å²) in [4.78, 5) is 12.9. The number of hydrogen-bond donors (Lipinski definition) is 3. The van der Waals surface area contributed by atoms with Crippen molar-refractivity contribution < 1.29 is 24.5 Å². The molecular formula is C20H18O6. The molecule has 2 aromatic carbocycles. The van der Waals surface area contributed by atoms with Crippen molar-refractivity contribution in [3.63, 3.8) is 0 Å². The number of hydrogen-bond acceptors (Lipinski definition) is 6. The van der Waals surface area contributed by atoms with Crippen molar-refractivity contribution in [1.29, 1.82) is 0 Å². The quantitative estimate of drug-likeness (QED) is 0.654. The second-order valence-electron chi connectivity index (χ2n) is 7.07. The molecule has 134 valence electrons. The highest BCUT2D eigenvalue weighted by molar-refractivity contribution is 5.91. The minimum absolute atomic E-state index is 0.0781. The van der Waals surface area contributed by atoms with Gasteiger partial charge in [0, 0.05) is 18.1 Å². The van der Waals surface area contributed by atoms with E-state index in [2.05, 4.69) is 0 Å². The van der Waals surface area contributed by atoms with E-state index in [0.717, 1.165) is 0 Å². The Hall–Kier alpha value is -2.99. The first-order chi connectivity index (χ1) is 12.3. The lowest BCUT2D eigenvalue weighted by Crippen LogP contribution is -2.39. The Morgan fingerprint density at radius 3 is 2.50 bits per heavy atom. The molecule has 3 aromatic rings. The second kappa shape index (κ2) is 5.51. The molecule has 1 aliphatic rings. The zero-order valence-electron chi connectivity index (χ0n) is 14.3. The van der Waals surface area contributed by atoms with Crippen LogP contribution in [0.1, 0.15) is 19.4 Å². The summed E-state index contributed by atoms with van der Waals surface area (Å²) in [5, 5.41) is 30.1. The van der Waals surface area contributed by atoms with Gasteiger partial charge in [-0.25, -0.2) is 0 Å². The third kappa shape index (κ3) is 2.50. The Morgan fingerprint density at radius 1 is 1.15 bits per heavy atom. The molecule has 0 saturated heterocycles. The summed E-state index contributed by atoms with van der Waals surface area (Å²) >= 11 is 0. The van der Waals surface area contributed by atoms with Crippen molar-refractivity contribution in [3.05, 3.63) is 52.4 Å². The molecule has 3 N–H and O–H groups in total. The summed E-state index contributed by atoms with van der Waals surface area (Å²) in [5.41, 5.74) is 0.324. The van der Waals surface area contributed by atoms with Crippen LogP contribution in [-0.4, -0.2) is 27.0 Å². The van der Waals surface area contributed by atoms with E-state index in [0.29, 0.717) is 23.3 Å². The maximum Gasteiger partial charge on any atom is 0.204 e. The summed E-state index contributed by atoms with van der Waals surface area (Å²) in [5.74, 6) is 0.265. The van der Waals surface area contributed by atoms with Gasteiger partial charge in [-0.15, -0.1) is 0 Å².